The number of rotatable bonds is 5. The highest BCUT2D eigenvalue weighted by Gasteiger charge is 2.30. The molecule has 0 amide bonds. The highest BCUT2D eigenvalue weighted by molar-refractivity contribution is 5.53. The largest absolute Gasteiger partial charge is 0.508 e. The Morgan fingerprint density at radius 3 is 2.42 bits per heavy atom. The van der Waals surface area contributed by atoms with Crippen LogP contribution in [0.5, 0.6) is 5.75 Å². The highest BCUT2D eigenvalue weighted by Crippen LogP contribution is 2.30. The van der Waals surface area contributed by atoms with Gasteiger partial charge in [-0.15, -0.1) is 5.10 Å². The van der Waals surface area contributed by atoms with Gasteiger partial charge in [-0.1, -0.05) is 6.07 Å². The molecular weight excluding hydrogens is 415 g/mol. The molecule has 2 aromatic carbocycles. The Hall–Kier alpha value is -3.11. The first-order chi connectivity index (χ1) is 14.8. The average Bonchev–Trinajstić information content (AvgIpc) is 3.11. The zero-order valence-electron chi connectivity index (χ0n) is 16.4. The van der Waals surface area contributed by atoms with E-state index < -0.39 is 17.5 Å². The van der Waals surface area contributed by atoms with Gasteiger partial charge in [0.1, 0.15) is 5.75 Å². The van der Waals surface area contributed by atoms with Crippen LogP contribution in [-0.4, -0.2) is 46.1 Å². The quantitative estimate of drug-likeness (QED) is 0.664. The lowest BCUT2D eigenvalue weighted by Crippen LogP contribution is -2.35. The number of phenolic OH excluding ortho intramolecular Hbond substituents is 1. The van der Waals surface area contributed by atoms with Crippen LogP contribution in [0.3, 0.4) is 0 Å². The Bertz CT molecular complexity index is 1100. The Kier molecular flexibility index (Phi) is 5.84. The molecule has 4 rings (SSSR count). The molecule has 1 saturated heterocycles. The lowest BCUT2D eigenvalue weighted by atomic mass is 10.1. The van der Waals surface area contributed by atoms with Crippen molar-refractivity contribution in [3.63, 3.8) is 0 Å². The average molecular weight is 435 g/mol. The fourth-order valence-electron chi connectivity index (χ4n) is 3.37. The molecule has 0 aliphatic carbocycles. The lowest BCUT2D eigenvalue weighted by Gasteiger charge is -2.26. The van der Waals surface area contributed by atoms with E-state index in [0.717, 1.165) is 35.5 Å². The summed E-state index contributed by atoms with van der Waals surface area (Å²) in [5.74, 6) is -0.854. The Morgan fingerprint density at radius 1 is 1.03 bits per heavy atom. The summed E-state index contributed by atoms with van der Waals surface area (Å²) >= 11 is 0. The van der Waals surface area contributed by atoms with E-state index in [-0.39, 0.29) is 23.7 Å². The van der Waals surface area contributed by atoms with Crippen LogP contribution in [0.1, 0.15) is 16.7 Å². The van der Waals surface area contributed by atoms with Crippen LogP contribution in [0.2, 0.25) is 0 Å². The van der Waals surface area contributed by atoms with Crippen LogP contribution in [0.15, 0.2) is 51.7 Å². The molecule has 0 spiro atoms. The molecule has 1 aliphatic heterocycles. The second kappa shape index (κ2) is 8.56. The van der Waals surface area contributed by atoms with E-state index in [0.29, 0.717) is 25.3 Å². The van der Waals surface area contributed by atoms with Crippen LogP contribution in [0.4, 0.5) is 13.2 Å². The Morgan fingerprint density at radius 2 is 1.74 bits per heavy atom. The normalized spacial score (nSPS) is 15.3. The van der Waals surface area contributed by atoms with E-state index in [1.807, 2.05) is 6.07 Å². The van der Waals surface area contributed by atoms with Gasteiger partial charge in [0.2, 0.25) is 5.89 Å². The first-order valence-electron chi connectivity index (χ1n) is 9.66. The molecule has 7 nitrogen and oxygen atoms in total. The van der Waals surface area contributed by atoms with Gasteiger partial charge in [-0.25, -0.2) is 4.79 Å². The summed E-state index contributed by atoms with van der Waals surface area (Å²) in [5, 5.41) is 14.3. The van der Waals surface area contributed by atoms with Gasteiger partial charge in [0, 0.05) is 30.8 Å². The predicted octanol–water partition coefficient (Wildman–Crippen LogP) is 3.11. The third kappa shape index (κ3) is 4.97. The topological polar surface area (TPSA) is 80.7 Å². The molecule has 164 valence electrons. The summed E-state index contributed by atoms with van der Waals surface area (Å²) in [6, 6.07) is 9.35. The molecule has 2 heterocycles. The monoisotopic (exact) mass is 435 g/mol. The minimum Gasteiger partial charge on any atom is -0.508 e. The molecule has 0 saturated carbocycles. The number of hydrogen-bond acceptors (Lipinski definition) is 6. The lowest BCUT2D eigenvalue weighted by molar-refractivity contribution is -0.137. The van der Waals surface area contributed by atoms with Gasteiger partial charge < -0.3 is 14.3 Å². The van der Waals surface area contributed by atoms with E-state index in [1.54, 1.807) is 12.1 Å². The number of benzene rings is 2. The van der Waals surface area contributed by atoms with Crippen LogP contribution < -0.4 is 5.76 Å². The third-order valence-electron chi connectivity index (χ3n) is 5.04. The molecular formula is C21H20F3N3O4. The molecule has 1 fully saturated rings. The van der Waals surface area contributed by atoms with Crippen molar-refractivity contribution in [3.8, 4) is 17.2 Å². The van der Waals surface area contributed by atoms with Gasteiger partial charge >= 0.3 is 11.9 Å². The first kappa shape index (κ1) is 21.1. The van der Waals surface area contributed by atoms with Crippen LogP contribution in [-0.2, 0) is 24.0 Å². The molecule has 0 radical (unpaired) electrons. The minimum atomic E-state index is -4.46. The maximum absolute atomic E-state index is 12.7. The second-order valence-electron chi connectivity index (χ2n) is 7.26. The zero-order valence-corrected chi connectivity index (χ0v) is 16.4. The van der Waals surface area contributed by atoms with Gasteiger partial charge in [-0.2, -0.15) is 17.9 Å². The molecule has 3 aromatic rings. The second-order valence-corrected chi connectivity index (χ2v) is 7.26. The van der Waals surface area contributed by atoms with Crippen molar-refractivity contribution in [2.45, 2.75) is 19.3 Å². The number of phenols is 1. The van der Waals surface area contributed by atoms with E-state index in [4.69, 9.17) is 9.15 Å². The SMILES string of the molecule is O=c1oc(-c2ccc(C(F)(F)F)cc2)nn1Cc1cc(CN2CCOCC2)ccc1O. The summed E-state index contributed by atoms with van der Waals surface area (Å²) in [7, 11) is 0. The number of alkyl halides is 3. The number of nitrogens with zero attached hydrogens (tertiary/aromatic N) is 3. The van der Waals surface area contributed by atoms with Gasteiger partial charge in [0.25, 0.3) is 0 Å². The van der Waals surface area contributed by atoms with E-state index in [9.17, 15) is 23.1 Å². The minimum absolute atomic E-state index is 0.0108. The Balaban J connectivity index is 1.53. The van der Waals surface area contributed by atoms with Gasteiger partial charge in [0.05, 0.1) is 25.3 Å². The van der Waals surface area contributed by atoms with Gasteiger partial charge in [0.15, 0.2) is 0 Å². The van der Waals surface area contributed by atoms with Crippen LogP contribution >= 0.6 is 0 Å². The van der Waals surface area contributed by atoms with Crippen molar-refractivity contribution in [2.24, 2.45) is 0 Å². The maximum Gasteiger partial charge on any atom is 0.437 e. The first-order valence-corrected chi connectivity index (χ1v) is 9.66. The number of ether oxygens (including phenoxy) is 1. The highest BCUT2D eigenvalue weighted by atomic mass is 19.4. The molecule has 0 atom stereocenters. The number of aromatic nitrogens is 2. The van der Waals surface area contributed by atoms with Gasteiger partial charge in [-0.05, 0) is 42.0 Å². The standard InChI is InChI=1S/C21H20F3N3O4/c22-21(23,24)17-4-2-15(3-5-17)19-25-27(20(29)31-19)13-16-11-14(1-6-18(16)28)12-26-7-9-30-10-8-26/h1-6,11,28H,7-10,12-13H2. The van der Waals surface area contributed by atoms with E-state index in [1.165, 1.54) is 12.1 Å². The van der Waals surface area contributed by atoms with E-state index >= 15 is 0 Å². The molecule has 0 unspecified atom stereocenters. The molecule has 1 N–H and O–H groups in total. The summed E-state index contributed by atoms with van der Waals surface area (Å²) in [6.45, 7) is 3.62. The predicted molar refractivity (Wildman–Crippen MR) is 105 cm³/mol. The van der Waals surface area contributed by atoms with Crippen molar-refractivity contribution < 1.29 is 27.4 Å². The smallest absolute Gasteiger partial charge is 0.437 e. The van der Waals surface area contributed by atoms with Gasteiger partial charge in [-0.3, -0.25) is 4.90 Å². The number of hydrogen-bond donors (Lipinski definition) is 1. The molecule has 1 aromatic heterocycles. The fraction of sp³-hybridized carbons (Fsp3) is 0.333. The van der Waals surface area contributed by atoms with Crippen molar-refractivity contribution in [1.82, 2.24) is 14.7 Å². The maximum atomic E-state index is 12.7. The summed E-state index contributed by atoms with van der Waals surface area (Å²) < 4.78 is 49.6. The van der Waals surface area contributed by atoms with E-state index in [2.05, 4.69) is 10.00 Å². The van der Waals surface area contributed by atoms with Crippen LogP contribution in [0.25, 0.3) is 11.5 Å². The van der Waals surface area contributed by atoms with Crippen molar-refractivity contribution in [2.75, 3.05) is 26.3 Å². The Labute approximate surface area is 175 Å². The molecule has 0 bridgehead atoms. The summed E-state index contributed by atoms with van der Waals surface area (Å²) in [4.78, 5) is 14.4. The third-order valence-corrected chi connectivity index (χ3v) is 5.04. The van der Waals surface area contributed by atoms with Crippen molar-refractivity contribution in [3.05, 3.63) is 69.7 Å². The summed E-state index contributed by atoms with van der Waals surface area (Å²) in [5.41, 5.74) is 0.892. The number of aromatic hydroxyl groups is 1. The fourth-order valence-corrected chi connectivity index (χ4v) is 3.37. The molecule has 10 heteroatoms. The summed E-state index contributed by atoms with van der Waals surface area (Å²) in [6.07, 6.45) is -4.46. The zero-order chi connectivity index (χ0) is 22.0. The molecule has 1 aliphatic rings. The molecule has 31 heavy (non-hydrogen) atoms. The van der Waals surface area contributed by atoms with Crippen molar-refractivity contribution in [1.29, 1.82) is 0 Å². The van der Waals surface area contributed by atoms with Crippen molar-refractivity contribution >= 4 is 0 Å². The number of morpholine rings is 1. The van der Waals surface area contributed by atoms with Crippen LogP contribution in [0, 0.1) is 0 Å². The number of halogens is 3.